The largest absolute Gasteiger partial charge is 0.323 e. The van der Waals surface area contributed by atoms with E-state index in [1.807, 2.05) is 0 Å². The van der Waals surface area contributed by atoms with Crippen LogP contribution in [0.5, 0.6) is 0 Å². The van der Waals surface area contributed by atoms with Crippen molar-refractivity contribution in [1.82, 2.24) is 0 Å². The van der Waals surface area contributed by atoms with Crippen molar-refractivity contribution in [2.75, 3.05) is 0 Å². The maximum atomic E-state index is 5.70. The van der Waals surface area contributed by atoms with Gasteiger partial charge in [0.05, 0.1) is 6.21 Å². The number of rotatable bonds is 1. The summed E-state index contributed by atoms with van der Waals surface area (Å²) < 4.78 is 0. The maximum Gasteiger partial charge on any atom is 0.0539 e. The van der Waals surface area contributed by atoms with Gasteiger partial charge in [0.15, 0.2) is 0 Å². The summed E-state index contributed by atoms with van der Waals surface area (Å²) in [5, 5.41) is 4.50. The zero-order valence-corrected chi connectivity index (χ0v) is 7.10. The summed E-state index contributed by atoms with van der Waals surface area (Å²) in [4.78, 5) is 0. The Kier molecular flexibility index (Phi) is 2.74. The van der Waals surface area contributed by atoms with E-state index in [4.69, 9.17) is 29.0 Å². The molecule has 0 heterocycles. The second kappa shape index (κ2) is 3.60. The first-order valence-corrected chi connectivity index (χ1v) is 3.67. The zero-order valence-electron chi connectivity index (χ0n) is 5.59. The molecule has 1 aromatic carbocycles. The Balaban J connectivity index is 3.08. The van der Waals surface area contributed by atoms with Gasteiger partial charge >= 0.3 is 0 Å². The second-order valence-corrected chi connectivity index (χ2v) is 2.85. The topological polar surface area (TPSA) is 38.4 Å². The average molecular weight is 189 g/mol. The Morgan fingerprint density at radius 3 is 2.18 bits per heavy atom. The van der Waals surface area contributed by atoms with Gasteiger partial charge in [0.1, 0.15) is 0 Å². The van der Waals surface area contributed by atoms with Crippen LogP contribution in [-0.4, -0.2) is 6.21 Å². The smallest absolute Gasteiger partial charge is 0.0539 e. The molecule has 11 heavy (non-hydrogen) atoms. The lowest BCUT2D eigenvalue weighted by Gasteiger charge is -1.94. The van der Waals surface area contributed by atoms with E-state index >= 15 is 0 Å². The SMILES string of the molecule is NN=Cc1cc(Cl)cc(Cl)c1. The van der Waals surface area contributed by atoms with Crippen molar-refractivity contribution in [3.8, 4) is 0 Å². The van der Waals surface area contributed by atoms with Gasteiger partial charge in [-0.3, -0.25) is 0 Å². The van der Waals surface area contributed by atoms with Gasteiger partial charge in [-0.25, -0.2) is 0 Å². The minimum atomic E-state index is 0.576. The highest BCUT2D eigenvalue weighted by molar-refractivity contribution is 6.35. The van der Waals surface area contributed by atoms with Gasteiger partial charge in [0, 0.05) is 10.0 Å². The molecular formula is C7H6Cl2N2. The Hall–Kier alpha value is -0.730. The highest BCUT2D eigenvalue weighted by Gasteiger charge is 1.94. The number of halogens is 2. The first-order chi connectivity index (χ1) is 5.22. The van der Waals surface area contributed by atoms with Crippen LogP contribution in [0.4, 0.5) is 0 Å². The van der Waals surface area contributed by atoms with E-state index in [0.717, 1.165) is 5.56 Å². The number of nitrogens with zero attached hydrogens (tertiary/aromatic N) is 1. The minimum Gasteiger partial charge on any atom is -0.323 e. The molecule has 0 aromatic heterocycles. The molecule has 0 aliphatic carbocycles. The van der Waals surface area contributed by atoms with Crippen molar-refractivity contribution in [3.05, 3.63) is 33.8 Å². The van der Waals surface area contributed by atoms with E-state index in [0.29, 0.717) is 10.0 Å². The molecule has 0 aliphatic rings. The molecule has 4 heteroatoms. The van der Waals surface area contributed by atoms with Crippen LogP contribution in [0.1, 0.15) is 5.56 Å². The van der Waals surface area contributed by atoms with Crippen molar-refractivity contribution in [3.63, 3.8) is 0 Å². The van der Waals surface area contributed by atoms with E-state index in [9.17, 15) is 0 Å². The Morgan fingerprint density at radius 1 is 1.18 bits per heavy atom. The first kappa shape index (κ1) is 8.37. The van der Waals surface area contributed by atoms with Crippen LogP contribution in [0.3, 0.4) is 0 Å². The fraction of sp³-hybridized carbons (Fsp3) is 0. The molecule has 0 amide bonds. The van der Waals surface area contributed by atoms with Crippen LogP contribution in [-0.2, 0) is 0 Å². The molecular weight excluding hydrogens is 183 g/mol. The van der Waals surface area contributed by atoms with Crippen molar-refractivity contribution in [2.45, 2.75) is 0 Å². The average Bonchev–Trinajstić information content (AvgIpc) is 1.85. The first-order valence-electron chi connectivity index (χ1n) is 2.92. The lowest BCUT2D eigenvalue weighted by atomic mass is 10.2. The van der Waals surface area contributed by atoms with Gasteiger partial charge in [0.2, 0.25) is 0 Å². The number of hydrogen-bond donors (Lipinski definition) is 1. The molecule has 1 aromatic rings. The van der Waals surface area contributed by atoms with Gasteiger partial charge in [-0.2, -0.15) is 5.10 Å². The predicted octanol–water partition coefficient (Wildman–Crippen LogP) is 2.29. The van der Waals surface area contributed by atoms with Crippen LogP contribution in [0, 0.1) is 0 Å². The van der Waals surface area contributed by atoms with E-state index in [1.54, 1.807) is 18.2 Å². The molecule has 0 spiro atoms. The van der Waals surface area contributed by atoms with E-state index in [1.165, 1.54) is 6.21 Å². The molecule has 0 atom stereocenters. The summed E-state index contributed by atoms with van der Waals surface area (Å²) >= 11 is 11.4. The standard InChI is InChI=1S/C7H6Cl2N2/c8-6-1-5(4-11-10)2-7(9)3-6/h1-4H,10H2. The summed E-state index contributed by atoms with van der Waals surface area (Å²) in [7, 11) is 0. The van der Waals surface area contributed by atoms with Crippen LogP contribution in [0.15, 0.2) is 23.3 Å². The third kappa shape index (κ3) is 2.41. The van der Waals surface area contributed by atoms with Gasteiger partial charge < -0.3 is 5.84 Å². The minimum absolute atomic E-state index is 0.576. The van der Waals surface area contributed by atoms with Crippen LogP contribution < -0.4 is 5.84 Å². The molecule has 0 unspecified atom stereocenters. The van der Waals surface area contributed by atoms with E-state index < -0.39 is 0 Å². The fourth-order valence-corrected chi connectivity index (χ4v) is 1.28. The lowest BCUT2D eigenvalue weighted by molar-refractivity contribution is 1.26. The number of hydrazone groups is 1. The molecule has 0 saturated heterocycles. The molecule has 0 fully saturated rings. The molecule has 2 N–H and O–H groups in total. The normalized spacial score (nSPS) is 10.7. The van der Waals surface area contributed by atoms with Gasteiger partial charge in [-0.1, -0.05) is 23.2 Å². The van der Waals surface area contributed by atoms with E-state index in [-0.39, 0.29) is 0 Å². The van der Waals surface area contributed by atoms with Crippen molar-refractivity contribution in [2.24, 2.45) is 10.9 Å². The molecule has 1 rings (SSSR count). The summed E-state index contributed by atoms with van der Waals surface area (Å²) in [5.74, 6) is 4.94. The summed E-state index contributed by atoms with van der Waals surface area (Å²) in [6.45, 7) is 0. The highest BCUT2D eigenvalue weighted by atomic mass is 35.5. The fourth-order valence-electron chi connectivity index (χ4n) is 0.736. The number of benzene rings is 1. The zero-order chi connectivity index (χ0) is 8.27. The molecule has 58 valence electrons. The highest BCUT2D eigenvalue weighted by Crippen LogP contribution is 2.17. The number of hydrogen-bond acceptors (Lipinski definition) is 2. The predicted molar refractivity (Wildman–Crippen MR) is 48.2 cm³/mol. The van der Waals surface area contributed by atoms with Crippen LogP contribution in [0.2, 0.25) is 10.0 Å². The molecule has 0 bridgehead atoms. The van der Waals surface area contributed by atoms with E-state index in [2.05, 4.69) is 5.10 Å². The summed E-state index contributed by atoms with van der Waals surface area (Å²) in [6.07, 6.45) is 1.48. The monoisotopic (exact) mass is 188 g/mol. The summed E-state index contributed by atoms with van der Waals surface area (Å²) in [5.41, 5.74) is 0.796. The van der Waals surface area contributed by atoms with Crippen molar-refractivity contribution in [1.29, 1.82) is 0 Å². The Labute approximate surface area is 74.6 Å². The second-order valence-electron chi connectivity index (χ2n) is 1.98. The molecule has 0 aliphatic heterocycles. The molecule has 0 radical (unpaired) electrons. The van der Waals surface area contributed by atoms with Crippen molar-refractivity contribution >= 4 is 29.4 Å². The van der Waals surface area contributed by atoms with Crippen LogP contribution in [0.25, 0.3) is 0 Å². The quantitative estimate of drug-likeness (QED) is 0.410. The van der Waals surface area contributed by atoms with Gasteiger partial charge in [0.25, 0.3) is 0 Å². The van der Waals surface area contributed by atoms with Crippen molar-refractivity contribution < 1.29 is 0 Å². The third-order valence-electron chi connectivity index (χ3n) is 1.11. The number of nitrogens with two attached hydrogens (primary N) is 1. The lowest BCUT2D eigenvalue weighted by Crippen LogP contribution is -1.85. The Bertz CT molecular complexity index is 264. The Morgan fingerprint density at radius 2 is 1.73 bits per heavy atom. The van der Waals surface area contributed by atoms with Gasteiger partial charge in [-0.05, 0) is 23.8 Å². The van der Waals surface area contributed by atoms with Gasteiger partial charge in [-0.15, -0.1) is 0 Å². The summed E-state index contributed by atoms with van der Waals surface area (Å²) in [6, 6.07) is 5.10. The van der Waals surface area contributed by atoms with Crippen LogP contribution >= 0.6 is 23.2 Å². The molecule has 0 saturated carbocycles. The maximum absolute atomic E-state index is 5.70. The molecule has 2 nitrogen and oxygen atoms in total. The third-order valence-corrected chi connectivity index (χ3v) is 1.54.